The van der Waals surface area contributed by atoms with Gasteiger partial charge in [0.2, 0.25) is 0 Å². The van der Waals surface area contributed by atoms with Crippen LogP contribution in [0.4, 0.5) is 0 Å². The first kappa shape index (κ1) is 12.3. The minimum absolute atomic E-state index is 0.461. The van der Waals surface area contributed by atoms with Crippen LogP contribution in [0.3, 0.4) is 0 Å². The summed E-state index contributed by atoms with van der Waals surface area (Å²) in [7, 11) is 0. The Labute approximate surface area is 116 Å². The summed E-state index contributed by atoms with van der Waals surface area (Å²) in [4.78, 5) is 1.50. The summed E-state index contributed by atoms with van der Waals surface area (Å²) in [5.41, 5.74) is 1.46. The quantitative estimate of drug-likeness (QED) is 0.891. The van der Waals surface area contributed by atoms with Crippen molar-refractivity contribution in [3.63, 3.8) is 0 Å². The molecule has 2 unspecified atom stereocenters. The van der Waals surface area contributed by atoms with E-state index < -0.39 is 0 Å². The average molecular weight is 288 g/mol. The molecule has 94 valence electrons. The van der Waals surface area contributed by atoms with E-state index in [1.165, 1.54) is 41.9 Å². The molecule has 1 aliphatic heterocycles. The van der Waals surface area contributed by atoms with Gasteiger partial charge in [0.05, 0.1) is 4.34 Å². The van der Waals surface area contributed by atoms with Gasteiger partial charge in [-0.15, -0.1) is 11.3 Å². The van der Waals surface area contributed by atoms with Crippen molar-refractivity contribution in [1.29, 1.82) is 0 Å². The number of hydrogen-bond donors (Lipinski definition) is 1. The van der Waals surface area contributed by atoms with E-state index in [0.29, 0.717) is 10.8 Å². The van der Waals surface area contributed by atoms with Crippen molar-refractivity contribution in [2.75, 3.05) is 12.3 Å². The lowest BCUT2D eigenvalue weighted by Gasteiger charge is -2.25. The van der Waals surface area contributed by atoms with Gasteiger partial charge in [0, 0.05) is 22.2 Å². The zero-order chi connectivity index (χ0) is 11.9. The highest BCUT2D eigenvalue weighted by molar-refractivity contribution is 8.00. The highest BCUT2D eigenvalue weighted by atomic mass is 35.5. The van der Waals surface area contributed by atoms with Crippen LogP contribution in [0.5, 0.6) is 0 Å². The van der Waals surface area contributed by atoms with Crippen LogP contribution in [0, 0.1) is 0 Å². The van der Waals surface area contributed by atoms with E-state index in [0.717, 1.165) is 10.9 Å². The van der Waals surface area contributed by atoms with E-state index in [9.17, 15) is 0 Å². The Balaban J connectivity index is 1.63. The number of thioether (sulfide) groups is 1. The molecule has 17 heavy (non-hydrogen) atoms. The van der Waals surface area contributed by atoms with Gasteiger partial charge in [-0.05, 0) is 50.0 Å². The molecule has 0 radical (unpaired) electrons. The van der Waals surface area contributed by atoms with E-state index >= 15 is 0 Å². The molecule has 0 bridgehead atoms. The average Bonchev–Trinajstić information content (AvgIpc) is 2.93. The van der Waals surface area contributed by atoms with Crippen molar-refractivity contribution in [2.45, 2.75) is 43.4 Å². The Morgan fingerprint density at radius 2 is 2.47 bits per heavy atom. The second kappa shape index (κ2) is 4.76. The Morgan fingerprint density at radius 1 is 1.59 bits per heavy atom. The number of hydrogen-bond acceptors (Lipinski definition) is 3. The van der Waals surface area contributed by atoms with E-state index in [2.05, 4.69) is 30.1 Å². The Morgan fingerprint density at radius 3 is 3.24 bits per heavy atom. The van der Waals surface area contributed by atoms with E-state index in [4.69, 9.17) is 11.6 Å². The summed E-state index contributed by atoms with van der Waals surface area (Å²) in [5, 5.41) is 3.76. The molecule has 1 aromatic heterocycles. The summed E-state index contributed by atoms with van der Waals surface area (Å²) in [6, 6.07) is 2.71. The van der Waals surface area contributed by atoms with Crippen LogP contribution in [0.1, 0.15) is 42.7 Å². The molecule has 0 aromatic carbocycles. The van der Waals surface area contributed by atoms with Crippen molar-refractivity contribution in [1.82, 2.24) is 5.32 Å². The summed E-state index contributed by atoms with van der Waals surface area (Å²) in [6.45, 7) is 3.53. The minimum atomic E-state index is 0.461. The Hall–Kier alpha value is 0.300. The maximum atomic E-state index is 6.08. The Kier molecular flexibility index (Phi) is 3.46. The zero-order valence-corrected chi connectivity index (χ0v) is 12.5. The standard InChI is InChI=1S/C13H18ClNS2/c1-13(5-2-6-16-13)8-15-10-3-4-11-9(10)7-12(14)17-11/h7,10,15H,2-6,8H2,1H3. The molecule has 1 N–H and O–H groups in total. The highest BCUT2D eigenvalue weighted by Crippen LogP contribution is 2.41. The van der Waals surface area contributed by atoms with Crippen molar-refractivity contribution in [3.8, 4) is 0 Å². The normalized spacial score (nSPS) is 32.0. The van der Waals surface area contributed by atoms with Crippen LogP contribution in [-0.2, 0) is 6.42 Å². The molecule has 1 fully saturated rings. The minimum Gasteiger partial charge on any atom is -0.309 e. The third kappa shape index (κ3) is 2.53. The van der Waals surface area contributed by atoms with Crippen LogP contribution < -0.4 is 5.32 Å². The van der Waals surface area contributed by atoms with Crippen molar-refractivity contribution in [3.05, 3.63) is 20.8 Å². The van der Waals surface area contributed by atoms with Gasteiger partial charge in [0.1, 0.15) is 0 Å². The number of thiophene rings is 1. The molecule has 4 heteroatoms. The predicted octanol–water partition coefficient (Wildman–Crippen LogP) is 4.26. The molecule has 1 saturated heterocycles. The van der Waals surface area contributed by atoms with Gasteiger partial charge < -0.3 is 5.32 Å². The second-order valence-corrected chi connectivity index (χ2v) is 8.75. The molecule has 0 amide bonds. The maximum Gasteiger partial charge on any atom is 0.0934 e. The summed E-state index contributed by atoms with van der Waals surface area (Å²) < 4.78 is 1.41. The first-order valence-corrected chi connectivity index (χ1v) is 8.50. The van der Waals surface area contributed by atoms with E-state index in [1.807, 2.05) is 0 Å². The van der Waals surface area contributed by atoms with Crippen molar-refractivity contribution in [2.24, 2.45) is 0 Å². The molecular formula is C13H18ClNS2. The number of aryl methyl sites for hydroxylation is 1. The molecule has 0 spiro atoms. The fourth-order valence-corrected chi connectivity index (χ4v) is 5.47. The molecular weight excluding hydrogens is 270 g/mol. The van der Waals surface area contributed by atoms with Crippen LogP contribution in [0.2, 0.25) is 4.34 Å². The van der Waals surface area contributed by atoms with Crippen LogP contribution in [0.25, 0.3) is 0 Å². The fraction of sp³-hybridized carbons (Fsp3) is 0.692. The van der Waals surface area contributed by atoms with Gasteiger partial charge in [0.25, 0.3) is 0 Å². The SMILES string of the molecule is CC1(CNC2CCc3sc(Cl)cc32)CCCS1. The van der Waals surface area contributed by atoms with Crippen LogP contribution >= 0.6 is 34.7 Å². The largest absolute Gasteiger partial charge is 0.309 e. The number of halogens is 1. The third-order valence-electron chi connectivity index (χ3n) is 3.87. The van der Waals surface area contributed by atoms with Crippen LogP contribution in [-0.4, -0.2) is 17.0 Å². The molecule has 1 aromatic rings. The van der Waals surface area contributed by atoms with Gasteiger partial charge in [-0.1, -0.05) is 11.6 Å². The van der Waals surface area contributed by atoms with Gasteiger partial charge >= 0.3 is 0 Å². The molecule has 2 heterocycles. The smallest absolute Gasteiger partial charge is 0.0934 e. The summed E-state index contributed by atoms with van der Waals surface area (Å²) >= 11 is 9.97. The van der Waals surface area contributed by atoms with Gasteiger partial charge in [-0.2, -0.15) is 11.8 Å². The zero-order valence-electron chi connectivity index (χ0n) is 10.1. The summed E-state index contributed by atoms with van der Waals surface area (Å²) in [6.07, 6.45) is 5.19. The molecule has 2 atom stereocenters. The van der Waals surface area contributed by atoms with E-state index in [-0.39, 0.29) is 0 Å². The highest BCUT2D eigenvalue weighted by Gasteiger charge is 2.32. The monoisotopic (exact) mass is 287 g/mol. The van der Waals surface area contributed by atoms with Crippen molar-refractivity contribution >= 4 is 34.7 Å². The first-order chi connectivity index (χ1) is 8.16. The maximum absolute atomic E-state index is 6.08. The molecule has 1 aliphatic carbocycles. The molecule has 3 rings (SSSR count). The summed E-state index contributed by atoms with van der Waals surface area (Å²) in [5.74, 6) is 1.33. The molecule has 2 aliphatic rings. The second-order valence-electron chi connectivity index (χ2n) is 5.30. The number of rotatable bonds is 3. The third-order valence-corrected chi connectivity index (χ3v) is 6.75. The Bertz CT molecular complexity index is 410. The lowest BCUT2D eigenvalue weighted by atomic mass is 10.0. The van der Waals surface area contributed by atoms with Gasteiger partial charge in [0.15, 0.2) is 0 Å². The molecule has 0 saturated carbocycles. The number of nitrogens with one attached hydrogen (secondary N) is 1. The lowest BCUT2D eigenvalue weighted by molar-refractivity contribution is 0.469. The van der Waals surface area contributed by atoms with Gasteiger partial charge in [-0.3, -0.25) is 0 Å². The van der Waals surface area contributed by atoms with Crippen molar-refractivity contribution < 1.29 is 0 Å². The number of fused-ring (bicyclic) bond motifs is 1. The fourth-order valence-electron chi connectivity index (χ4n) is 2.86. The van der Waals surface area contributed by atoms with Crippen LogP contribution in [0.15, 0.2) is 6.07 Å². The topological polar surface area (TPSA) is 12.0 Å². The predicted molar refractivity (Wildman–Crippen MR) is 78.5 cm³/mol. The molecule has 1 nitrogen and oxygen atoms in total. The van der Waals surface area contributed by atoms with E-state index in [1.54, 1.807) is 11.3 Å². The first-order valence-electron chi connectivity index (χ1n) is 6.32. The lowest BCUT2D eigenvalue weighted by Crippen LogP contribution is -2.34. The van der Waals surface area contributed by atoms with Gasteiger partial charge in [-0.25, -0.2) is 0 Å².